The number of hydrogen-bond acceptors (Lipinski definition) is 4. The summed E-state index contributed by atoms with van der Waals surface area (Å²) in [4.78, 5) is 14.7. The Kier molecular flexibility index (Phi) is 7.23. The highest BCUT2D eigenvalue weighted by Crippen LogP contribution is 2.23. The molecule has 0 radical (unpaired) electrons. The second-order valence-electron chi connectivity index (χ2n) is 7.19. The molecule has 0 atom stereocenters. The molecule has 0 bridgehead atoms. The number of likely N-dealkylation sites (tertiary alicyclic amines) is 1. The van der Waals surface area contributed by atoms with Crippen molar-refractivity contribution in [3.05, 3.63) is 64.4 Å². The number of nitrogens with zero attached hydrogens (tertiary/aromatic N) is 2. The van der Waals surface area contributed by atoms with E-state index in [1.165, 1.54) is 12.1 Å². The molecule has 3 rings (SSSR count). The van der Waals surface area contributed by atoms with Crippen LogP contribution in [0.1, 0.15) is 30.9 Å². The van der Waals surface area contributed by atoms with Crippen LogP contribution in [-0.2, 0) is 11.3 Å². The van der Waals surface area contributed by atoms with Crippen LogP contribution < -0.4 is 10.2 Å². The quantitative estimate of drug-likeness (QED) is 0.565. The minimum atomic E-state index is -0.334. The molecule has 1 aliphatic rings. The highest BCUT2D eigenvalue weighted by atomic mass is 35.5. The van der Waals surface area contributed by atoms with Gasteiger partial charge in [0.05, 0.1) is 12.8 Å². The van der Waals surface area contributed by atoms with E-state index in [4.69, 9.17) is 16.3 Å². The predicted molar refractivity (Wildman–Crippen MR) is 113 cm³/mol. The lowest BCUT2D eigenvalue weighted by atomic mass is 9.96. The van der Waals surface area contributed by atoms with Crippen molar-refractivity contribution in [3.8, 4) is 5.75 Å². The molecule has 2 aromatic carbocycles. The molecule has 1 N–H and O–H groups in total. The van der Waals surface area contributed by atoms with Crippen molar-refractivity contribution < 1.29 is 13.9 Å². The summed E-state index contributed by atoms with van der Waals surface area (Å²) in [6, 6.07) is 12.0. The standard InChI is InChI=1S/C22H25ClFN3O2/c1-15(16-4-7-20(29-2)8-5-16)25-26-22(28)17-9-11-27(12-10-17)14-18-3-6-19(24)13-21(18)23/h3-8,13,17H,9-12,14H2,1-2H3,(H,26,28). The zero-order valence-corrected chi connectivity index (χ0v) is 17.4. The van der Waals surface area contributed by atoms with Crippen LogP contribution >= 0.6 is 11.6 Å². The molecule has 2 aromatic rings. The highest BCUT2D eigenvalue weighted by Gasteiger charge is 2.25. The van der Waals surface area contributed by atoms with Crippen molar-refractivity contribution in [3.63, 3.8) is 0 Å². The molecular formula is C22H25ClFN3O2. The average molecular weight is 418 g/mol. The Morgan fingerprint density at radius 2 is 1.93 bits per heavy atom. The SMILES string of the molecule is COc1ccc(C(C)=NNC(=O)C2CCN(Cc3ccc(F)cc3Cl)CC2)cc1. The van der Waals surface area contributed by atoms with Gasteiger partial charge >= 0.3 is 0 Å². The lowest BCUT2D eigenvalue weighted by Crippen LogP contribution is -2.39. The van der Waals surface area contributed by atoms with E-state index in [0.717, 1.165) is 48.5 Å². The maximum absolute atomic E-state index is 13.2. The number of piperidine rings is 1. The number of carbonyl (C=O) groups is 1. The minimum absolute atomic E-state index is 0.0580. The van der Waals surface area contributed by atoms with E-state index in [0.29, 0.717) is 11.6 Å². The Morgan fingerprint density at radius 1 is 1.24 bits per heavy atom. The second-order valence-corrected chi connectivity index (χ2v) is 7.60. The first-order valence-corrected chi connectivity index (χ1v) is 9.99. The van der Waals surface area contributed by atoms with Gasteiger partial charge in [-0.05, 0) is 80.4 Å². The topological polar surface area (TPSA) is 53.9 Å². The van der Waals surface area contributed by atoms with Crippen LogP contribution in [0.5, 0.6) is 5.75 Å². The molecule has 1 heterocycles. The zero-order chi connectivity index (χ0) is 20.8. The van der Waals surface area contributed by atoms with E-state index in [1.807, 2.05) is 31.2 Å². The number of amides is 1. The van der Waals surface area contributed by atoms with E-state index in [-0.39, 0.29) is 17.6 Å². The van der Waals surface area contributed by atoms with Crippen LogP contribution in [0, 0.1) is 11.7 Å². The Hall–Kier alpha value is -2.44. The fourth-order valence-corrected chi connectivity index (χ4v) is 3.60. The van der Waals surface area contributed by atoms with E-state index >= 15 is 0 Å². The summed E-state index contributed by atoms with van der Waals surface area (Å²) < 4.78 is 18.3. The summed E-state index contributed by atoms with van der Waals surface area (Å²) in [5, 5.41) is 4.68. The molecule has 7 heteroatoms. The summed E-state index contributed by atoms with van der Waals surface area (Å²) in [5.74, 6) is 0.318. The predicted octanol–water partition coefficient (Wildman–Crippen LogP) is 4.24. The van der Waals surface area contributed by atoms with Gasteiger partial charge in [-0.25, -0.2) is 9.82 Å². The van der Waals surface area contributed by atoms with E-state index < -0.39 is 0 Å². The molecule has 0 spiro atoms. The van der Waals surface area contributed by atoms with Gasteiger partial charge in [-0.1, -0.05) is 17.7 Å². The Balaban J connectivity index is 1.49. The molecule has 29 heavy (non-hydrogen) atoms. The van der Waals surface area contributed by atoms with Crippen molar-refractivity contribution in [2.45, 2.75) is 26.3 Å². The zero-order valence-electron chi connectivity index (χ0n) is 16.6. The lowest BCUT2D eigenvalue weighted by molar-refractivity contribution is -0.126. The first-order valence-electron chi connectivity index (χ1n) is 9.61. The van der Waals surface area contributed by atoms with Crippen molar-refractivity contribution in [1.82, 2.24) is 10.3 Å². The summed E-state index contributed by atoms with van der Waals surface area (Å²) in [6.07, 6.45) is 1.50. The van der Waals surface area contributed by atoms with Crippen molar-refractivity contribution in [2.75, 3.05) is 20.2 Å². The van der Waals surface area contributed by atoms with Gasteiger partial charge in [0, 0.05) is 17.5 Å². The number of ether oxygens (including phenoxy) is 1. The van der Waals surface area contributed by atoms with Crippen LogP contribution in [0.4, 0.5) is 4.39 Å². The normalized spacial score (nSPS) is 15.9. The molecule has 1 saturated heterocycles. The van der Waals surface area contributed by atoms with Crippen molar-refractivity contribution in [2.24, 2.45) is 11.0 Å². The van der Waals surface area contributed by atoms with Crippen LogP contribution in [0.25, 0.3) is 0 Å². The number of methoxy groups -OCH3 is 1. The number of carbonyl (C=O) groups excluding carboxylic acids is 1. The number of benzene rings is 2. The first kappa shape index (κ1) is 21.3. The number of halogens is 2. The van der Waals surface area contributed by atoms with Gasteiger partial charge < -0.3 is 4.74 Å². The summed E-state index contributed by atoms with van der Waals surface area (Å²) >= 11 is 6.11. The van der Waals surface area contributed by atoms with Crippen molar-refractivity contribution >= 4 is 23.2 Å². The molecule has 154 valence electrons. The Bertz CT molecular complexity index is 878. The van der Waals surface area contributed by atoms with Gasteiger partial charge in [0.1, 0.15) is 11.6 Å². The van der Waals surface area contributed by atoms with Crippen LogP contribution in [0.2, 0.25) is 5.02 Å². The van der Waals surface area contributed by atoms with Gasteiger partial charge in [0.25, 0.3) is 0 Å². The molecule has 1 fully saturated rings. The van der Waals surface area contributed by atoms with E-state index in [1.54, 1.807) is 13.2 Å². The van der Waals surface area contributed by atoms with Crippen LogP contribution in [-0.4, -0.2) is 36.7 Å². The maximum atomic E-state index is 13.2. The van der Waals surface area contributed by atoms with Crippen LogP contribution in [0.15, 0.2) is 47.6 Å². The second kappa shape index (κ2) is 9.85. The number of nitrogens with one attached hydrogen (secondary N) is 1. The molecule has 1 amide bonds. The number of hydrazone groups is 1. The third-order valence-electron chi connectivity index (χ3n) is 5.21. The Morgan fingerprint density at radius 3 is 2.55 bits per heavy atom. The van der Waals surface area contributed by atoms with Gasteiger partial charge in [-0.15, -0.1) is 0 Å². The highest BCUT2D eigenvalue weighted by molar-refractivity contribution is 6.31. The third-order valence-corrected chi connectivity index (χ3v) is 5.56. The van der Waals surface area contributed by atoms with Gasteiger partial charge in [-0.3, -0.25) is 9.69 Å². The minimum Gasteiger partial charge on any atom is -0.497 e. The monoisotopic (exact) mass is 417 g/mol. The molecule has 1 aliphatic heterocycles. The molecule has 0 saturated carbocycles. The van der Waals surface area contributed by atoms with Gasteiger partial charge in [0.2, 0.25) is 5.91 Å². The molecule has 0 aromatic heterocycles. The summed E-state index contributed by atoms with van der Waals surface area (Å²) in [5.41, 5.74) is 5.26. The summed E-state index contributed by atoms with van der Waals surface area (Å²) in [6.45, 7) is 4.08. The molecular weight excluding hydrogens is 393 g/mol. The van der Waals surface area contributed by atoms with Crippen molar-refractivity contribution in [1.29, 1.82) is 0 Å². The fourth-order valence-electron chi connectivity index (χ4n) is 3.37. The largest absolute Gasteiger partial charge is 0.497 e. The lowest BCUT2D eigenvalue weighted by Gasteiger charge is -2.31. The summed E-state index contributed by atoms with van der Waals surface area (Å²) in [7, 11) is 1.62. The van der Waals surface area contributed by atoms with Gasteiger partial charge in [0.15, 0.2) is 0 Å². The first-order chi connectivity index (χ1) is 14.0. The number of hydrogen-bond donors (Lipinski definition) is 1. The molecule has 0 aliphatic carbocycles. The van der Waals surface area contributed by atoms with Crippen LogP contribution in [0.3, 0.4) is 0 Å². The maximum Gasteiger partial charge on any atom is 0.243 e. The average Bonchev–Trinajstić information content (AvgIpc) is 2.74. The molecule has 5 nitrogen and oxygen atoms in total. The fraction of sp³-hybridized carbons (Fsp3) is 0.364. The van der Waals surface area contributed by atoms with Gasteiger partial charge in [-0.2, -0.15) is 5.10 Å². The molecule has 0 unspecified atom stereocenters. The number of rotatable bonds is 6. The third kappa shape index (κ3) is 5.78. The Labute approximate surface area is 175 Å². The van der Waals surface area contributed by atoms with E-state index in [9.17, 15) is 9.18 Å². The van der Waals surface area contributed by atoms with E-state index in [2.05, 4.69) is 15.4 Å². The smallest absolute Gasteiger partial charge is 0.243 e.